The number of nitrogens with zero attached hydrogens (tertiary/aromatic N) is 2. The zero-order valence-corrected chi connectivity index (χ0v) is 15.9. The number of carbonyl (C=O) groups excluding carboxylic acids is 1. The van der Waals surface area contributed by atoms with Gasteiger partial charge in [-0.05, 0) is 35.4 Å². The molecule has 2 heterocycles. The normalized spacial score (nSPS) is 15.9. The maximum atomic E-state index is 12.9. The lowest BCUT2D eigenvalue weighted by molar-refractivity contribution is -0.129. The van der Waals surface area contributed by atoms with Crippen LogP contribution in [0.3, 0.4) is 0 Å². The minimum absolute atomic E-state index is 0.142. The highest BCUT2D eigenvalue weighted by Gasteiger charge is 2.29. The second kappa shape index (κ2) is 8.93. The molecule has 1 aromatic heterocycles. The van der Waals surface area contributed by atoms with E-state index in [1.807, 2.05) is 36.4 Å². The molecule has 1 amide bonds. The average Bonchev–Trinajstić information content (AvgIpc) is 2.68. The zero-order chi connectivity index (χ0) is 18.4. The number of benzene rings is 1. The Labute approximate surface area is 161 Å². The van der Waals surface area contributed by atoms with E-state index >= 15 is 0 Å². The van der Waals surface area contributed by atoms with Gasteiger partial charge in [-0.25, -0.2) is 0 Å². The Morgan fingerprint density at radius 2 is 1.77 bits per heavy atom. The minimum atomic E-state index is -0.410. The van der Waals surface area contributed by atoms with E-state index in [4.69, 9.17) is 4.74 Å². The fourth-order valence-corrected chi connectivity index (χ4v) is 3.10. The molecule has 2 N–H and O–H groups in total. The summed E-state index contributed by atoms with van der Waals surface area (Å²) in [5.41, 5.74) is 8.14. The number of morpholine rings is 1. The molecule has 1 aliphatic heterocycles. The molecule has 0 saturated carbocycles. The molecular formula is C19H21BrN4O2. The van der Waals surface area contributed by atoms with Gasteiger partial charge in [-0.2, -0.15) is 0 Å². The lowest BCUT2D eigenvalue weighted by Gasteiger charge is -2.33. The van der Waals surface area contributed by atoms with Crippen LogP contribution in [0, 0.1) is 0 Å². The second-order valence-electron chi connectivity index (χ2n) is 5.93. The van der Waals surface area contributed by atoms with Crippen molar-refractivity contribution in [2.75, 3.05) is 26.3 Å². The molecule has 6 nitrogen and oxygen atoms in total. The van der Waals surface area contributed by atoms with E-state index in [1.54, 1.807) is 12.4 Å². The Kier molecular flexibility index (Phi) is 6.38. The quantitative estimate of drug-likeness (QED) is 0.708. The maximum absolute atomic E-state index is 12.9. The van der Waals surface area contributed by atoms with Gasteiger partial charge in [-0.3, -0.25) is 25.5 Å². The van der Waals surface area contributed by atoms with Gasteiger partial charge in [0.2, 0.25) is 0 Å². The van der Waals surface area contributed by atoms with Gasteiger partial charge < -0.3 is 4.74 Å². The molecule has 0 unspecified atom stereocenters. The molecule has 0 aliphatic carbocycles. The highest BCUT2D eigenvalue weighted by atomic mass is 79.9. The van der Waals surface area contributed by atoms with E-state index in [1.165, 1.54) is 0 Å². The first-order chi connectivity index (χ1) is 12.6. The third kappa shape index (κ3) is 4.69. The number of hydrazine groups is 1. The lowest BCUT2D eigenvalue weighted by atomic mass is 10.1. The van der Waals surface area contributed by atoms with Crippen molar-refractivity contribution < 1.29 is 9.53 Å². The number of rotatable bonds is 6. The fraction of sp³-hybridized carbons (Fsp3) is 0.263. The van der Waals surface area contributed by atoms with Gasteiger partial charge in [-0.15, -0.1) is 0 Å². The van der Waals surface area contributed by atoms with Gasteiger partial charge in [-0.1, -0.05) is 34.6 Å². The minimum Gasteiger partial charge on any atom is -0.379 e. The molecule has 0 bridgehead atoms. The first-order valence-electron chi connectivity index (χ1n) is 8.37. The molecule has 1 aromatic carbocycles. The molecule has 26 heavy (non-hydrogen) atoms. The summed E-state index contributed by atoms with van der Waals surface area (Å²) in [5.74, 6) is -0.142. The van der Waals surface area contributed by atoms with Crippen LogP contribution in [0.2, 0.25) is 0 Å². The smallest absolute Gasteiger partial charge is 0.260 e. The van der Waals surface area contributed by atoms with Crippen molar-refractivity contribution in [1.82, 2.24) is 20.7 Å². The van der Waals surface area contributed by atoms with Gasteiger partial charge >= 0.3 is 0 Å². The number of amides is 1. The molecule has 136 valence electrons. The van der Waals surface area contributed by atoms with Crippen LogP contribution in [0.1, 0.15) is 17.2 Å². The molecular weight excluding hydrogens is 396 g/mol. The number of aromatic nitrogens is 1. The van der Waals surface area contributed by atoms with Crippen molar-refractivity contribution in [3.8, 4) is 0 Å². The van der Waals surface area contributed by atoms with Crippen molar-refractivity contribution in [2.24, 2.45) is 0 Å². The topological polar surface area (TPSA) is 66.5 Å². The highest BCUT2D eigenvalue weighted by molar-refractivity contribution is 9.10. The summed E-state index contributed by atoms with van der Waals surface area (Å²) in [6.45, 7) is 6.63. The van der Waals surface area contributed by atoms with Gasteiger partial charge in [0, 0.05) is 30.0 Å². The standard InChI is InChI=1S/C19H21BrN4O2/c1-14(15-2-4-17(20)5-3-15)22-23-19(25)18(16-6-8-21-9-7-16)24-10-12-26-13-11-24/h2-9,18,22H,1,10-13H2,(H,23,25)/t18-/m0/s1. The Balaban J connectivity index is 1.69. The van der Waals surface area contributed by atoms with Crippen molar-refractivity contribution >= 4 is 27.5 Å². The van der Waals surface area contributed by atoms with Crippen LogP contribution in [0.25, 0.3) is 5.70 Å². The van der Waals surface area contributed by atoms with Gasteiger partial charge in [0.1, 0.15) is 6.04 Å². The predicted octanol–water partition coefficient (Wildman–Crippen LogP) is 2.51. The predicted molar refractivity (Wildman–Crippen MR) is 104 cm³/mol. The summed E-state index contributed by atoms with van der Waals surface area (Å²) in [6.07, 6.45) is 3.40. The summed E-state index contributed by atoms with van der Waals surface area (Å²) >= 11 is 3.41. The largest absolute Gasteiger partial charge is 0.379 e. The van der Waals surface area contributed by atoms with Crippen LogP contribution in [0.5, 0.6) is 0 Å². The van der Waals surface area contributed by atoms with Crippen LogP contribution in [0.15, 0.2) is 59.8 Å². The van der Waals surface area contributed by atoms with Crippen molar-refractivity contribution in [3.05, 3.63) is 71.0 Å². The Morgan fingerprint density at radius 1 is 1.12 bits per heavy atom. The van der Waals surface area contributed by atoms with Crippen LogP contribution < -0.4 is 10.9 Å². The van der Waals surface area contributed by atoms with E-state index < -0.39 is 6.04 Å². The van der Waals surface area contributed by atoms with Gasteiger partial charge in [0.15, 0.2) is 0 Å². The Bertz CT molecular complexity index is 746. The monoisotopic (exact) mass is 416 g/mol. The number of ether oxygens (including phenoxy) is 1. The molecule has 1 fully saturated rings. The van der Waals surface area contributed by atoms with Gasteiger partial charge in [0.05, 0.1) is 18.9 Å². The molecule has 1 atom stereocenters. The summed E-state index contributed by atoms with van der Waals surface area (Å²) in [5, 5.41) is 0. The van der Waals surface area contributed by atoms with E-state index in [-0.39, 0.29) is 5.91 Å². The molecule has 3 rings (SSSR count). The summed E-state index contributed by atoms with van der Waals surface area (Å²) in [4.78, 5) is 19.1. The van der Waals surface area contributed by atoms with Crippen LogP contribution in [-0.2, 0) is 9.53 Å². The van der Waals surface area contributed by atoms with E-state index in [2.05, 4.69) is 43.2 Å². The number of halogens is 1. The van der Waals surface area contributed by atoms with E-state index in [9.17, 15) is 4.79 Å². The van der Waals surface area contributed by atoms with Crippen LogP contribution in [-0.4, -0.2) is 42.1 Å². The first kappa shape index (κ1) is 18.6. The zero-order valence-electron chi connectivity index (χ0n) is 14.3. The number of hydrogen-bond donors (Lipinski definition) is 2. The molecule has 7 heteroatoms. The van der Waals surface area contributed by atoms with Gasteiger partial charge in [0.25, 0.3) is 5.91 Å². The van der Waals surface area contributed by atoms with Crippen LogP contribution >= 0.6 is 15.9 Å². The molecule has 2 aromatic rings. The first-order valence-corrected chi connectivity index (χ1v) is 9.17. The van der Waals surface area contributed by atoms with Crippen LogP contribution in [0.4, 0.5) is 0 Å². The molecule has 0 spiro atoms. The van der Waals surface area contributed by atoms with Crippen molar-refractivity contribution in [1.29, 1.82) is 0 Å². The fourth-order valence-electron chi connectivity index (χ4n) is 2.84. The average molecular weight is 417 g/mol. The number of hydrogen-bond acceptors (Lipinski definition) is 5. The Hall–Kier alpha value is -2.22. The highest BCUT2D eigenvalue weighted by Crippen LogP contribution is 2.22. The Morgan fingerprint density at radius 3 is 2.42 bits per heavy atom. The van der Waals surface area contributed by atoms with E-state index in [0.29, 0.717) is 32.0 Å². The maximum Gasteiger partial charge on any atom is 0.260 e. The third-order valence-electron chi connectivity index (χ3n) is 4.21. The SMILES string of the molecule is C=C(NNC(=O)[C@H](c1ccncc1)N1CCOCC1)c1ccc(Br)cc1. The van der Waals surface area contributed by atoms with Crippen molar-refractivity contribution in [3.63, 3.8) is 0 Å². The molecule has 0 radical (unpaired) electrons. The lowest BCUT2D eigenvalue weighted by Crippen LogP contribution is -2.48. The van der Waals surface area contributed by atoms with E-state index in [0.717, 1.165) is 15.6 Å². The summed E-state index contributed by atoms with van der Waals surface area (Å²) in [7, 11) is 0. The molecule has 1 saturated heterocycles. The number of carbonyl (C=O) groups is 1. The molecule has 1 aliphatic rings. The number of nitrogens with one attached hydrogen (secondary N) is 2. The second-order valence-corrected chi connectivity index (χ2v) is 6.85. The third-order valence-corrected chi connectivity index (χ3v) is 4.74. The summed E-state index contributed by atoms with van der Waals surface area (Å²) < 4.78 is 6.40. The summed E-state index contributed by atoms with van der Waals surface area (Å²) in [6, 6.07) is 11.0. The van der Waals surface area contributed by atoms with Crippen molar-refractivity contribution in [2.45, 2.75) is 6.04 Å². The number of pyridine rings is 1.